The Morgan fingerprint density at radius 2 is 1.04 bits per heavy atom. The summed E-state index contributed by atoms with van der Waals surface area (Å²) in [4.78, 5) is 5.16. The molecule has 0 bridgehead atoms. The van der Waals surface area contributed by atoms with E-state index in [9.17, 15) is 0 Å². The van der Waals surface area contributed by atoms with Crippen LogP contribution in [0, 0.1) is 0 Å². The van der Waals surface area contributed by atoms with Crippen molar-refractivity contribution in [1.82, 2.24) is 14.1 Å². The van der Waals surface area contributed by atoms with Crippen molar-refractivity contribution in [3.05, 3.63) is 175 Å². The van der Waals surface area contributed by atoms with E-state index in [-0.39, 0.29) is 5.41 Å². The van der Waals surface area contributed by atoms with Gasteiger partial charge in [-0.25, -0.2) is 4.98 Å². The number of hydrogen-bond acceptors (Lipinski definition) is 1. The molecule has 10 rings (SSSR count). The highest BCUT2D eigenvalue weighted by atomic mass is 15.1. The molecule has 0 N–H and O–H groups in total. The number of nitrogens with zero attached hydrogens (tertiary/aromatic N) is 3. The molecule has 0 spiro atoms. The monoisotopic (exact) mass is 655 g/mol. The molecule has 0 unspecified atom stereocenters. The third kappa shape index (κ3) is 4.34. The zero-order valence-electron chi connectivity index (χ0n) is 28.8. The van der Waals surface area contributed by atoms with Gasteiger partial charge < -0.3 is 4.57 Å². The quantitative estimate of drug-likeness (QED) is 0.175. The first-order valence-corrected chi connectivity index (χ1v) is 18.1. The van der Waals surface area contributed by atoms with Crippen LogP contribution in [0.3, 0.4) is 0 Å². The van der Waals surface area contributed by atoms with E-state index in [1.165, 1.54) is 60.9 Å². The summed E-state index contributed by atoms with van der Waals surface area (Å²) < 4.78 is 4.73. The summed E-state index contributed by atoms with van der Waals surface area (Å²) in [6.07, 6.45) is 2.06. The first-order chi connectivity index (χ1) is 25.2. The lowest BCUT2D eigenvalue weighted by Crippen LogP contribution is -2.23. The molecule has 0 saturated heterocycles. The lowest BCUT2D eigenvalue weighted by Gasteiger charge is -2.30. The fraction of sp³-hybridized carbons (Fsp3) is 0.104. The number of aromatic nitrogens is 3. The number of para-hydroxylation sites is 5. The average molecular weight is 656 g/mol. The molecule has 3 heteroatoms. The Hall–Kier alpha value is -6.19. The Bertz CT molecular complexity index is 2720. The van der Waals surface area contributed by atoms with Crippen molar-refractivity contribution >= 4 is 32.8 Å². The topological polar surface area (TPSA) is 22.8 Å². The molecule has 1 aliphatic carbocycles. The van der Waals surface area contributed by atoms with E-state index in [1.54, 1.807) is 0 Å². The van der Waals surface area contributed by atoms with Gasteiger partial charge in [0.05, 0.1) is 22.1 Å². The number of rotatable bonds is 6. The summed E-state index contributed by atoms with van der Waals surface area (Å²) in [7, 11) is 0. The number of hydrogen-bond donors (Lipinski definition) is 0. The van der Waals surface area contributed by atoms with E-state index >= 15 is 0 Å². The first kappa shape index (κ1) is 29.7. The van der Waals surface area contributed by atoms with Gasteiger partial charge in [-0.3, -0.25) is 4.57 Å². The largest absolute Gasteiger partial charge is 0.309 e. The first-order valence-electron chi connectivity index (χ1n) is 18.1. The molecule has 0 aliphatic heterocycles. The third-order valence-corrected chi connectivity index (χ3v) is 11.4. The zero-order valence-corrected chi connectivity index (χ0v) is 28.8. The molecule has 0 fully saturated rings. The van der Waals surface area contributed by atoms with Crippen LogP contribution in [0.15, 0.2) is 164 Å². The predicted octanol–water partition coefficient (Wildman–Crippen LogP) is 12.5. The van der Waals surface area contributed by atoms with E-state index in [0.29, 0.717) is 0 Å². The third-order valence-electron chi connectivity index (χ3n) is 11.4. The van der Waals surface area contributed by atoms with Crippen molar-refractivity contribution in [3.63, 3.8) is 0 Å². The summed E-state index contributed by atoms with van der Waals surface area (Å²) in [5.41, 5.74) is 16.0. The minimum absolute atomic E-state index is 0.0751. The maximum absolute atomic E-state index is 5.16. The fourth-order valence-electron chi connectivity index (χ4n) is 8.91. The second-order valence-corrected chi connectivity index (χ2v) is 13.8. The molecule has 0 saturated carbocycles. The van der Waals surface area contributed by atoms with Gasteiger partial charge in [0.15, 0.2) is 0 Å². The maximum atomic E-state index is 5.16. The average Bonchev–Trinajstić information content (AvgIpc) is 3.84. The van der Waals surface area contributed by atoms with Gasteiger partial charge in [0.1, 0.15) is 5.82 Å². The smallest absolute Gasteiger partial charge is 0.145 e. The predicted molar refractivity (Wildman–Crippen MR) is 213 cm³/mol. The summed E-state index contributed by atoms with van der Waals surface area (Å²) in [5, 5.41) is 2.58. The van der Waals surface area contributed by atoms with Crippen LogP contribution in [0.25, 0.3) is 77.9 Å². The fourth-order valence-corrected chi connectivity index (χ4v) is 8.91. The molecule has 0 radical (unpaired) electrons. The molecular weight excluding hydrogens is 619 g/mol. The van der Waals surface area contributed by atoms with Crippen LogP contribution in [0.2, 0.25) is 0 Å². The summed E-state index contributed by atoms with van der Waals surface area (Å²) in [5.74, 6) is 0.951. The van der Waals surface area contributed by atoms with Gasteiger partial charge in [-0.2, -0.15) is 0 Å². The molecular formula is C48H37N3. The van der Waals surface area contributed by atoms with Crippen LogP contribution < -0.4 is 0 Å². The molecule has 1 aliphatic rings. The van der Waals surface area contributed by atoms with E-state index in [1.807, 2.05) is 0 Å². The van der Waals surface area contributed by atoms with Crippen LogP contribution in [0.5, 0.6) is 0 Å². The molecule has 2 heterocycles. The molecule has 9 aromatic rings. The number of benzene rings is 7. The van der Waals surface area contributed by atoms with E-state index in [2.05, 4.69) is 187 Å². The van der Waals surface area contributed by atoms with Crippen molar-refractivity contribution in [1.29, 1.82) is 0 Å². The Kier molecular flexibility index (Phi) is 6.66. The van der Waals surface area contributed by atoms with Gasteiger partial charge in [-0.05, 0) is 107 Å². The molecule has 244 valence electrons. The zero-order chi connectivity index (χ0) is 34.1. The van der Waals surface area contributed by atoms with Gasteiger partial charge in [0.25, 0.3) is 0 Å². The van der Waals surface area contributed by atoms with Crippen LogP contribution >= 0.6 is 0 Å². The van der Waals surface area contributed by atoms with E-state index in [4.69, 9.17) is 4.98 Å². The van der Waals surface area contributed by atoms with Crippen molar-refractivity contribution < 1.29 is 0 Å². The van der Waals surface area contributed by atoms with Crippen molar-refractivity contribution in [2.24, 2.45) is 0 Å². The van der Waals surface area contributed by atoms with E-state index < -0.39 is 0 Å². The highest BCUT2D eigenvalue weighted by Gasteiger charge is 2.41. The van der Waals surface area contributed by atoms with Gasteiger partial charge in [-0.1, -0.05) is 117 Å². The minimum Gasteiger partial charge on any atom is -0.309 e. The molecule has 2 aromatic heterocycles. The van der Waals surface area contributed by atoms with Crippen molar-refractivity contribution in [2.75, 3.05) is 0 Å². The summed E-state index contributed by atoms with van der Waals surface area (Å²) in [6, 6.07) is 59.8. The van der Waals surface area contributed by atoms with Crippen LogP contribution in [-0.2, 0) is 5.41 Å². The molecule has 3 nitrogen and oxygen atoms in total. The molecule has 0 amide bonds. The number of fused-ring (bicyclic) bond motifs is 7. The highest BCUT2D eigenvalue weighted by Crippen LogP contribution is 2.54. The van der Waals surface area contributed by atoms with E-state index in [0.717, 1.165) is 41.0 Å². The highest BCUT2D eigenvalue weighted by molar-refractivity contribution is 6.09. The summed E-state index contributed by atoms with van der Waals surface area (Å²) >= 11 is 0. The maximum Gasteiger partial charge on any atom is 0.145 e. The Labute approximate surface area is 298 Å². The van der Waals surface area contributed by atoms with Gasteiger partial charge in [-0.15, -0.1) is 0 Å². The Balaban J connectivity index is 1.10. The Morgan fingerprint density at radius 3 is 1.76 bits per heavy atom. The second kappa shape index (κ2) is 11.4. The SMILES string of the molecule is CCC1(CC)c2cc(-c3cccc(-c4nc5ccccc5n4-c4ccccc4)c3)ccc2-c2ccc(-n3c4ccccc4c4ccccc43)cc21. The molecule has 7 aromatic carbocycles. The van der Waals surface area contributed by atoms with Gasteiger partial charge in [0, 0.05) is 33.1 Å². The van der Waals surface area contributed by atoms with Gasteiger partial charge >= 0.3 is 0 Å². The normalized spacial score (nSPS) is 13.2. The minimum atomic E-state index is -0.0751. The Morgan fingerprint density at radius 1 is 0.451 bits per heavy atom. The molecule has 51 heavy (non-hydrogen) atoms. The van der Waals surface area contributed by atoms with Crippen molar-refractivity contribution in [2.45, 2.75) is 32.1 Å². The van der Waals surface area contributed by atoms with Crippen molar-refractivity contribution in [3.8, 4) is 45.0 Å². The number of imidazole rings is 1. The standard InChI is InChI=1S/C48H37N3/c1-3-48(4-2)41-30-33(32-15-14-16-34(29-32)47-49-43-21-10-13-24-46(43)51(47)35-17-6-5-7-18-35)25-27-37(41)38-28-26-36(31-42(38)48)50-44-22-11-8-19-39(44)40-20-9-12-23-45(40)50/h5-31H,3-4H2,1-2H3. The van der Waals surface area contributed by atoms with Crippen LogP contribution in [0.1, 0.15) is 37.8 Å². The van der Waals surface area contributed by atoms with Gasteiger partial charge in [0.2, 0.25) is 0 Å². The lowest BCUT2D eigenvalue weighted by atomic mass is 9.73. The van der Waals surface area contributed by atoms with Crippen LogP contribution in [-0.4, -0.2) is 14.1 Å². The lowest BCUT2D eigenvalue weighted by molar-refractivity contribution is 0.490. The summed E-state index contributed by atoms with van der Waals surface area (Å²) in [6.45, 7) is 4.72. The van der Waals surface area contributed by atoms with Crippen LogP contribution in [0.4, 0.5) is 0 Å². The molecule has 0 atom stereocenters. The second-order valence-electron chi connectivity index (χ2n) is 13.8.